The van der Waals surface area contributed by atoms with Gasteiger partial charge in [-0.3, -0.25) is 0 Å². The number of rotatable bonds is 3. The first-order chi connectivity index (χ1) is 12.3. The van der Waals surface area contributed by atoms with E-state index in [4.69, 9.17) is 4.98 Å². The fourth-order valence-electron chi connectivity index (χ4n) is 3.45. The van der Waals surface area contributed by atoms with Gasteiger partial charge >= 0.3 is 0 Å². The quantitative estimate of drug-likeness (QED) is 0.721. The molecule has 3 aromatic rings. The Morgan fingerprint density at radius 3 is 2.48 bits per heavy atom. The van der Waals surface area contributed by atoms with E-state index >= 15 is 0 Å². The molecule has 0 N–H and O–H groups in total. The van der Waals surface area contributed by atoms with Gasteiger partial charge in [-0.1, -0.05) is 23.5 Å². The summed E-state index contributed by atoms with van der Waals surface area (Å²) in [6.45, 7) is 5.95. The fraction of sp³-hybridized carbons (Fsp3) is 0.421. The van der Waals surface area contributed by atoms with Crippen molar-refractivity contribution in [3.05, 3.63) is 41.9 Å². The standard InChI is InChI=1S/C19H21N5S/c1-13-20-16(14-6-7-14)12-18(21-13)23-8-10-24(11-9-23)19-22-15-4-2-3-5-17(15)25-19/h2-5,12,14H,6-11H2,1H3. The maximum absolute atomic E-state index is 4.79. The summed E-state index contributed by atoms with van der Waals surface area (Å²) in [4.78, 5) is 18.9. The summed E-state index contributed by atoms with van der Waals surface area (Å²) in [5.41, 5.74) is 2.33. The van der Waals surface area contributed by atoms with Crippen molar-refractivity contribution >= 4 is 32.5 Å². The number of anilines is 2. The lowest BCUT2D eigenvalue weighted by Gasteiger charge is -2.35. The van der Waals surface area contributed by atoms with Gasteiger partial charge in [-0.05, 0) is 31.9 Å². The van der Waals surface area contributed by atoms with E-state index in [1.165, 1.54) is 23.2 Å². The molecule has 0 unspecified atom stereocenters. The Hall–Kier alpha value is -2.21. The van der Waals surface area contributed by atoms with Crippen molar-refractivity contribution in [2.75, 3.05) is 36.0 Å². The average molecular weight is 351 g/mol. The summed E-state index contributed by atoms with van der Waals surface area (Å²) in [5.74, 6) is 2.66. The molecule has 25 heavy (non-hydrogen) atoms. The second-order valence-corrected chi connectivity index (χ2v) is 7.92. The van der Waals surface area contributed by atoms with Gasteiger partial charge < -0.3 is 9.80 Å². The molecule has 1 aliphatic heterocycles. The first-order valence-corrected chi connectivity index (χ1v) is 9.79. The summed E-state index contributed by atoms with van der Waals surface area (Å²) >= 11 is 1.79. The van der Waals surface area contributed by atoms with Gasteiger partial charge in [0.1, 0.15) is 11.6 Å². The highest BCUT2D eigenvalue weighted by atomic mass is 32.1. The number of nitrogens with zero attached hydrogens (tertiary/aromatic N) is 5. The number of aryl methyl sites for hydroxylation is 1. The molecule has 5 rings (SSSR count). The van der Waals surface area contributed by atoms with Crippen molar-refractivity contribution in [3.63, 3.8) is 0 Å². The van der Waals surface area contributed by atoms with E-state index in [2.05, 4.69) is 50.1 Å². The molecule has 0 radical (unpaired) electrons. The molecule has 2 fully saturated rings. The van der Waals surface area contributed by atoms with Crippen LogP contribution in [0.1, 0.15) is 30.3 Å². The predicted molar refractivity (Wildman–Crippen MR) is 103 cm³/mol. The zero-order valence-corrected chi connectivity index (χ0v) is 15.2. The van der Waals surface area contributed by atoms with Crippen LogP contribution in [0.5, 0.6) is 0 Å². The molecule has 0 atom stereocenters. The van der Waals surface area contributed by atoms with Gasteiger partial charge in [-0.2, -0.15) is 0 Å². The molecule has 128 valence electrons. The number of hydrogen-bond acceptors (Lipinski definition) is 6. The number of fused-ring (bicyclic) bond motifs is 1. The SMILES string of the molecule is Cc1nc(C2CC2)cc(N2CCN(c3nc4ccccc4s3)CC2)n1. The molecule has 1 saturated carbocycles. The second kappa shape index (κ2) is 5.95. The molecule has 1 saturated heterocycles. The van der Waals surface area contributed by atoms with E-state index in [1.54, 1.807) is 11.3 Å². The van der Waals surface area contributed by atoms with Gasteiger partial charge in [-0.15, -0.1) is 0 Å². The van der Waals surface area contributed by atoms with E-state index in [-0.39, 0.29) is 0 Å². The lowest BCUT2D eigenvalue weighted by Crippen LogP contribution is -2.46. The highest BCUT2D eigenvalue weighted by Gasteiger charge is 2.27. The normalized spacial score (nSPS) is 18.1. The third kappa shape index (κ3) is 2.95. The largest absolute Gasteiger partial charge is 0.353 e. The molecule has 6 heteroatoms. The Kier molecular flexibility index (Phi) is 3.59. The molecule has 1 aliphatic carbocycles. The lowest BCUT2D eigenvalue weighted by molar-refractivity contribution is 0.644. The number of thiazole rings is 1. The van der Waals surface area contributed by atoms with Gasteiger partial charge in [-0.25, -0.2) is 15.0 Å². The summed E-state index contributed by atoms with van der Waals surface area (Å²) in [7, 11) is 0. The van der Waals surface area contributed by atoms with Crippen LogP contribution in [0.2, 0.25) is 0 Å². The van der Waals surface area contributed by atoms with Crippen LogP contribution < -0.4 is 9.80 Å². The average Bonchev–Trinajstić information content (AvgIpc) is 3.40. The number of piperazine rings is 1. The van der Waals surface area contributed by atoms with Crippen LogP contribution in [-0.4, -0.2) is 41.1 Å². The van der Waals surface area contributed by atoms with Crippen molar-refractivity contribution < 1.29 is 0 Å². The summed E-state index contributed by atoms with van der Waals surface area (Å²) in [6, 6.07) is 10.6. The minimum atomic E-state index is 0.671. The fourth-order valence-corrected chi connectivity index (χ4v) is 4.46. The molecule has 2 aromatic heterocycles. The number of benzene rings is 1. The van der Waals surface area contributed by atoms with Crippen LogP contribution in [-0.2, 0) is 0 Å². The molecule has 0 spiro atoms. The minimum Gasteiger partial charge on any atom is -0.353 e. The molecule has 0 amide bonds. The van der Waals surface area contributed by atoms with Crippen LogP contribution in [0.3, 0.4) is 0 Å². The smallest absolute Gasteiger partial charge is 0.186 e. The predicted octanol–water partition coefficient (Wildman–Crippen LogP) is 3.60. The van der Waals surface area contributed by atoms with Crippen LogP contribution in [0.15, 0.2) is 30.3 Å². The third-order valence-corrected chi connectivity index (χ3v) is 6.09. The summed E-state index contributed by atoms with van der Waals surface area (Å²) < 4.78 is 1.26. The van der Waals surface area contributed by atoms with Crippen molar-refractivity contribution in [1.82, 2.24) is 15.0 Å². The van der Waals surface area contributed by atoms with Crippen molar-refractivity contribution in [1.29, 1.82) is 0 Å². The van der Waals surface area contributed by atoms with Gasteiger partial charge in [0.2, 0.25) is 0 Å². The van der Waals surface area contributed by atoms with Gasteiger partial charge in [0.25, 0.3) is 0 Å². The molecular weight excluding hydrogens is 330 g/mol. The first-order valence-electron chi connectivity index (χ1n) is 8.97. The van der Waals surface area contributed by atoms with E-state index in [9.17, 15) is 0 Å². The highest BCUT2D eigenvalue weighted by Crippen LogP contribution is 2.40. The molecule has 3 heterocycles. The molecule has 0 bridgehead atoms. The summed E-state index contributed by atoms with van der Waals surface area (Å²) in [6.07, 6.45) is 2.56. The maximum atomic E-state index is 4.79. The minimum absolute atomic E-state index is 0.671. The second-order valence-electron chi connectivity index (χ2n) is 6.91. The van der Waals surface area contributed by atoms with Crippen LogP contribution in [0.4, 0.5) is 10.9 Å². The monoisotopic (exact) mass is 351 g/mol. The van der Waals surface area contributed by atoms with Gasteiger partial charge in [0.05, 0.1) is 10.2 Å². The van der Waals surface area contributed by atoms with E-state index < -0.39 is 0 Å². The number of aromatic nitrogens is 3. The molecular formula is C19H21N5S. The summed E-state index contributed by atoms with van der Waals surface area (Å²) in [5, 5.41) is 1.14. The first kappa shape index (κ1) is 15.1. The van der Waals surface area contributed by atoms with E-state index in [1.807, 2.05) is 6.92 Å². The van der Waals surface area contributed by atoms with Gasteiger partial charge in [0, 0.05) is 43.9 Å². The lowest BCUT2D eigenvalue weighted by atomic mass is 10.2. The van der Waals surface area contributed by atoms with Crippen LogP contribution in [0.25, 0.3) is 10.2 Å². The van der Waals surface area contributed by atoms with E-state index in [0.29, 0.717) is 5.92 Å². The Balaban J connectivity index is 1.32. The molecule has 2 aliphatic rings. The van der Waals surface area contributed by atoms with Gasteiger partial charge in [0.15, 0.2) is 5.13 Å². The number of hydrogen-bond donors (Lipinski definition) is 0. The van der Waals surface area contributed by atoms with Crippen LogP contribution in [0, 0.1) is 6.92 Å². The van der Waals surface area contributed by atoms with Crippen molar-refractivity contribution in [2.45, 2.75) is 25.7 Å². The number of para-hydroxylation sites is 1. The van der Waals surface area contributed by atoms with Crippen molar-refractivity contribution in [3.8, 4) is 0 Å². The Bertz CT molecular complexity index is 876. The van der Waals surface area contributed by atoms with Crippen molar-refractivity contribution in [2.24, 2.45) is 0 Å². The van der Waals surface area contributed by atoms with Crippen LogP contribution >= 0.6 is 11.3 Å². The zero-order chi connectivity index (χ0) is 16.8. The molecule has 5 nitrogen and oxygen atoms in total. The zero-order valence-electron chi connectivity index (χ0n) is 14.4. The topological polar surface area (TPSA) is 45.2 Å². The Morgan fingerprint density at radius 2 is 1.72 bits per heavy atom. The maximum Gasteiger partial charge on any atom is 0.186 e. The Labute approximate surface area is 151 Å². The van der Waals surface area contributed by atoms with E-state index in [0.717, 1.165) is 48.5 Å². The highest BCUT2D eigenvalue weighted by molar-refractivity contribution is 7.22. The molecule has 1 aromatic carbocycles. The Morgan fingerprint density at radius 1 is 0.960 bits per heavy atom. The third-order valence-electron chi connectivity index (χ3n) is 5.00.